The van der Waals surface area contributed by atoms with Gasteiger partial charge in [-0.25, -0.2) is 13.4 Å². The molecule has 0 atom stereocenters. The molecule has 11 heteroatoms. The zero-order valence-electron chi connectivity index (χ0n) is 15.6. The van der Waals surface area contributed by atoms with Gasteiger partial charge in [-0.05, 0) is 36.6 Å². The van der Waals surface area contributed by atoms with Crippen LogP contribution in [0.4, 0.5) is 5.13 Å². The maximum Gasteiger partial charge on any atom is 0.293 e. The largest absolute Gasteiger partial charge is 0.438 e. The molecule has 4 rings (SSSR count). The summed E-state index contributed by atoms with van der Waals surface area (Å²) in [6.45, 7) is 0.923. The number of hydrogen-bond acceptors (Lipinski definition) is 6. The van der Waals surface area contributed by atoms with E-state index in [4.69, 9.17) is 27.6 Å². The predicted molar refractivity (Wildman–Crippen MR) is 116 cm³/mol. The summed E-state index contributed by atoms with van der Waals surface area (Å²) in [5.74, 6) is -0.665. The summed E-state index contributed by atoms with van der Waals surface area (Å²) < 4.78 is 31.7. The van der Waals surface area contributed by atoms with Gasteiger partial charge < -0.3 is 4.42 Å². The first kappa shape index (κ1) is 21.3. The Morgan fingerprint density at radius 2 is 1.97 bits per heavy atom. The third kappa shape index (κ3) is 4.40. The molecule has 0 unspecified atom stereocenters. The van der Waals surface area contributed by atoms with E-state index in [2.05, 4.69) is 10.3 Å². The molecule has 7 nitrogen and oxygen atoms in total. The Morgan fingerprint density at radius 1 is 1.20 bits per heavy atom. The number of halogens is 2. The molecule has 158 valence electrons. The highest BCUT2D eigenvalue weighted by Crippen LogP contribution is 2.30. The first-order valence-corrected chi connectivity index (χ1v) is 12.1. The van der Waals surface area contributed by atoms with E-state index < -0.39 is 15.9 Å². The van der Waals surface area contributed by atoms with Gasteiger partial charge in [-0.1, -0.05) is 35.3 Å². The van der Waals surface area contributed by atoms with Gasteiger partial charge in [0.05, 0.1) is 10.0 Å². The maximum atomic E-state index is 12.5. The molecule has 3 heterocycles. The van der Waals surface area contributed by atoms with Gasteiger partial charge >= 0.3 is 0 Å². The predicted octanol–water partition coefficient (Wildman–Crippen LogP) is 4.67. The summed E-state index contributed by atoms with van der Waals surface area (Å²) in [6, 6.07) is 8.05. The summed E-state index contributed by atoms with van der Waals surface area (Å²) in [6.07, 6.45) is 3.80. The highest BCUT2D eigenvalue weighted by atomic mass is 35.5. The van der Waals surface area contributed by atoms with E-state index in [0.29, 0.717) is 34.7 Å². The molecule has 0 radical (unpaired) electrons. The van der Waals surface area contributed by atoms with Gasteiger partial charge in [0.15, 0.2) is 10.9 Å². The van der Waals surface area contributed by atoms with Crippen LogP contribution in [0.15, 0.2) is 46.0 Å². The smallest absolute Gasteiger partial charge is 0.293 e. The number of carbonyl (C=O) groups is 1. The highest BCUT2D eigenvalue weighted by molar-refractivity contribution is 7.89. The Balaban J connectivity index is 1.44. The first-order chi connectivity index (χ1) is 14.3. The molecule has 0 saturated carbocycles. The van der Waals surface area contributed by atoms with Gasteiger partial charge in [-0.3, -0.25) is 10.1 Å². The summed E-state index contributed by atoms with van der Waals surface area (Å²) in [4.78, 5) is 17.5. The van der Waals surface area contributed by atoms with Gasteiger partial charge in [-0.15, -0.1) is 11.3 Å². The lowest BCUT2D eigenvalue weighted by Gasteiger charge is -2.12. The minimum absolute atomic E-state index is 0.0950. The summed E-state index contributed by atoms with van der Waals surface area (Å²) in [5.41, 5.74) is 0.855. The number of hydrogen-bond donors (Lipinski definition) is 1. The van der Waals surface area contributed by atoms with Crippen LogP contribution in [0.5, 0.6) is 0 Å². The SMILES string of the molecule is O=C(Nc1ncc(Cc2cccc(Cl)c2Cl)s1)c1ccc(S(=O)(=O)N2CCCC2)o1. The van der Waals surface area contributed by atoms with Crippen molar-refractivity contribution < 1.29 is 17.6 Å². The number of amides is 1. The van der Waals surface area contributed by atoms with Crippen LogP contribution in [0.1, 0.15) is 33.8 Å². The fraction of sp³-hybridized carbons (Fsp3) is 0.263. The fourth-order valence-corrected chi connectivity index (χ4v) is 5.76. The van der Waals surface area contributed by atoms with Crippen molar-refractivity contribution in [3.63, 3.8) is 0 Å². The van der Waals surface area contributed by atoms with Crippen molar-refractivity contribution >= 4 is 55.6 Å². The van der Waals surface area contributed by atoms with Gasteiger partial charge in [0.25, 0.3) is 15.9 Å². The van der Waals surface area contributed by atoms with Crippen LogP contribution >= 0.6 is 34.5 Å². The molecule has 0 spiro atoms. The average Bonchev–Trinajstić information content (AvgIpc) is 3.47. The second-order valence-corrected chi connectivity index (χ2v) is 10.5. The Hall–Kier alpha value is -1.91. The maximum absolute atomic E-state index is 12.5. The zero-order valence-corrected chi connectivity index (χ0v) is 18.7. The monoisotopic (exact) mass is 485 g/mol. The Kier molecular flexibility index (Phi) is 6.17. The van der Waals surface area contributed by atoms with E-state index in [1.807, 2.05) is 12.1 Å². The van der Waals surface area contributed by atoms with Gasteiger partial charge in [-0.2, -0.15) is 4.31 Å². The van der Waals surface area contributed by atoms with E-state index in [1.165, 1.54) is 27.8 Å². The number of anilines is 1. The Labute approximate surface area is 187 Å². The minimum Gasteiger partial charge on any atom is -0.438 e. The van der Waals surface area contributed by atoms with E-state index in [9.17, 15) is 13.2 Å². The molecule has 30 heavy (non-hydrogen) atoms. The Morgan fingerprint density at radius 3 is 2.73 bits per heavy atom. The van der Waals surface area contributed by atoms with Crippen molar-refractivity contribution in [3.05, 3.63) is 62.8 Å². The lowest BCUT2D eigenvalue weighted by atomic mass is 10.1. The molecule has 0 aliphatic carbocycles. The standard InChI is InChI=1S/C19H17Cl2N3O4S2/c20-14-5-3-4-12(17(14)21)10-13-11-22-19(29-13)23-18(25)15-6-7-16(28-15)30(26,27)24-8-1-2-9-24/h3-7,11H,1-2,8-10H2,(H,22,23,25). The van der Waals surface area contributed by atoms with Crippen molar-refractivity contribution in [1.82, 2.24) is 9.29 Å². The third-order valence-electron chi connectivity index (χ3n) is 4.63. The summed E-state index contributed by atoms with van der Waals surface area (Å²) in [7, 11) is -3.71. The van der Waals surface area contributed by atoms with Crippen LogP contribution in [0, 0.1) is 0 Å². The van der Waals surface area contributed by atoms with Gasteiger partial charge in [0, 0.05) is 30.6 Å². The van der Waals surface area contributed by atoms with Crippen LogP contribution < -0.4 is 5.32 Å². The second-order valence-electron chi connectivity index (χ2n) is 6.71. The number of benzene rings is 1. The molecule has 1 aromatic carbocycles. The number of nitrogens with one attached hydrogen (secondary N) is 1. The molecule has 1 aliphatic heterocycles. The fourth-order valence-electron chi connectivity index (χ4n) is 3.11. The van der Waals surface area contributed by atoms with Crippen molar-refractivity contribution in [2.24, 2.45) is 0 Å². The normalized spacial score (nSPS) is 14.9. The van der Waals surface area contributed by atoms with Gasteiger partial charge in [0.1, 0.15) is 0 Å². The molecule has 3 aromatic rings. The minimum atomic E-state index is -3.71. The number of aromatic nitrogens is 1. The molecule has 2 aromatic heterocycles. The lowest BCUT2D eigenvalue weighted by molar-refractivity contribution is 0.0991. The number of sulfonamides is 1. The van der Waals surface area contributed by atoms with E-state index >= 15 is 0 Å². The topological polar surface area (TPSA) is 92.5 Å². The molecule has 1 saturated heterocycles. The highest BCUT2D eigenvalue weighted by Gasteiger charge is 2.30. The van der Waals surface area contributed by atoms with Gasteiger partial charge in [0.2, 0.25) is 5.09 Å². The van der Waals surface area contributed by atoms with Crippen molar-refractivity contribution in [2.75, 3.05) is 18.4 Å². The van der Waals surface area contributed by atoms with Crippen LogP contribution in [0.2, 0.25) is 10.0 Å². The Bertz CT molecular complexity index is 1180. The molecular formula is C19H17Cl2N3O4S2. The van der Waals surface area contributed by atoms with E-state index in [1.54, 1.807) is 12.3 Å². The van der Waals surface area contributed by atoms with Crippen LogP contribution in [0.3, 0.4) is 0 Å². The molecule has 1 amide bonds. The van der Waals surface area contributed by atoms with Crippen LogP contribution in [-0.4, -0.2) is 36.7 Å². The molecule has 1 aliphatic rings. The molecule has 1 N–H and O–H groups in total. The van der Waals surface area contributed by atoms with Crippen LogP contribution in [0.25, 0.3) is 0 Å². The number of carbonyl (C=O) groups excluding carboxylic acids is 1. The average molecular weight is 486 g/mol. The van der Waals surface area contributed by atoms with Crippen LogP contribution in [-0.2, 0) is 16.4 Å². The molecule has 1 fully saturated rings. The summed E-state index contributed by atoms with van der Waals surface area (Å²) >= 11 is 13.5. The molecular weight excluding hydrogens is 469 g/mol. The zero-order chi connectivity index (χ0) is 21.3. The number of thiazole rings is 1. The first-order valence-electron chi connectivity index (χ1n) is 9.13. The molecule has 0 bridgehead atoms. The number of nitrogens with zero attached hydrogens (tertiary/aromatic N) is 2. The lowest BCUT2D eigenvalue weighted by Crippen LogP contribution is -2.27. The third-order valence-corrected chi connectivity index (χ3v) is 8.18. The second kappa shape index (κ2) is 8.68. The van der Waals surface area contributed by atoms with Crippen molar-refractivity contribution in [1.29, 1.82) is 0 Å². The van der Waals surface area contributed by atoms with E-state index in [0.717, 1.165) is 23.3 Å². The summed E-state index contributed by atoms with van der Waals surface area (Å²) in [5, 5.41) is 3.73. The quantitative estimate of drug-likeness (QED) is 0.547. The van der Waals surface area contributed by atoms with Crippen molar-refractivity contribution in [3.8, 4) is 0 Å². The van der Waals surface area contributed by atoms with E-state index in [-0.39, 0.29) is 10.9 Å². The number of furan rings is 1. The van der Waals surface area contributed by atoms with Crippen molar-refractivity contribution in [2.45, 2.75) is 24.4 Å². The number of rotatable bonds is 6.